The smallest absolute Gasteiger partial charge is 0.341 e. The largest absolute Gasteiger partial charge is 0.462 e. The second kappa shape index (κ2) is 14.4. The summed E-state index contributed by atoms with van der Waals surface area (Å²) in [7, 11) is 0. The highest BCUT2D eigenvalue weighted by Gasteiger charge is 2.27. The Hall–Kier alpha value is -4.63. The van der Waals surface area contributed by atoms with Gasteiger partial charge < -0.3 is 15.4 Å². The van der Waals surface area contributed by atoms with Gasteiger partial charge in [-0.1, -0.05) is 24.2 Å². The van der Waals surface area contributed by atoms with E-state index in [2.05, 4.69) is 20.8 Å². The van der Waals surface area contributed by atoms with Crippen LogP contribution in [-0.2, 0) is 28.9 Å². The first-order chi connectivity index (χ1) is 21.7. The number of nitro benzene ring substituents is 1. The van der Waals surface area contributed by atoms with Gasteiger partial charge in [-0.15, -0.1) is 21.5 Å². The van der Waals surface area contributed by atoms with E-state index in [1.54, 1.807) is 11.5 Å². The van der Waals surface area contributed by atoms with Gasteiger partial charge in [0.15, 0.2) is 11.0 Å². The molecule has 2 aromatic carbocycles. The van der Waals surface area contributed by atoms with Crippen LogP contribution in [0.2, 0.25) is 0 Å². The molecule has 5 rings (SSSR count). The number of aryl methyl sites for hydroxylation is 1. The van der Waals surface area contributed by atoms with E-state index in [4.69, 9.17) is 4.74 Å². The molecule has 1 aliphatic carbocycles. The molecule has 1 aliphatic rings. The summed E-state index contributed by atoms with van der Waals surface area (Å²) in [5.74, 6) is -1.73. The Morgan fingerprint density at radius 2 is 1.89 bits per heavy atom. The number of nitrogens with one attached hydrogen (secondary N) is 2. The topological polar surface area (TPSA) is 158 Å². The average Bonchev–Trinajstić information content (AvgIpc) is 3.50. The molecule has 0 bridgehead atoms. The number of carbonyl (C=O) groups excluding carboxylic acids is 3. The van der Waals surface area contributed by atoms with E-state index in [0.29, 0.717) is 21.4 Å². The molecule has 15 heteroatoms. The molecule has 0 atom stereocenters. The summed E-state index contributed by atoms with van der Waals surface area (Å²) in [6.45, 7) is 1.85. The van der Waals surface area contributed by atoms with Gasteiger partial charge in [0.25, 0.3) is 11.6 Å². The maximum absolute atomic E-state index is 13.6. The van der Waals surface area contributed by atoms with Gasteiger partial charge in [0.1, 0.15) is 10.8 Å². The van der Waals surface area contributed by atoms with Gasteiger partial charge in [0.05, 0.1) is 29.4 Å². The van der Waals surface area contributed by atoms with Crippen molar-refractivity contribution in [2.75, 3.05) is 17.7 Å². The predicted octanol–water partition coefficient (Wildman–Crippen LogP) is 5.48. The zero-order valence-electron chi connectivity index (χ0n) is 24.2. The summed E-state index contributed by atoms with van der Waals surface area (Å²) in [6, 6.07) is 10.9. The van der Waals surface area contributed by atoms with Gasteiger partial charge in [-0.2, -0.15) is 0 Å². The van der Waals surface area contributed by atoms with Crippen molar-refractivity contribution < 1.29 is 28.4 Å². The first-order valence-electron chi connectivity index (χ1n) is 14.2. The average molecular weight is 653 g/mol. The molecular formula is C30H29FN6O6S2. The fraction of sp³-hybridized carbons (Fsp3) is 0.300. The quantitative estimate of drug-likeness (QED) is 0.0703. The Morgan fingerprint density at radius 1 is 1.11 bits per heavy atom. The lowest BCUT2D eigenvalue weighted by Crippen LogP contribution is -2.24. The highest BCUT2D eigenvalue weighted by atomic mass is 32.2. The molecule has 2 heterocycles. The van der Waals surface area contributed by atoms with Crippen molar-refractivity contribution >= 4 is 51.6 Å². The van der Waals surface area contributed by atoms with Gasteiger partial charge >= 0.3 is 5.97 Å². The number of carbonyl (C=O) groups is 3. The van der Waals surface area contributed by atoms with Crippen LogP contribution in [-0.4, -0.2) is 49.8 Å². The van der Waals surface area contributed by atoms with Crippen molar-refractivity contribution in [1.82, 2.24) is 20.1 Å². The Labute approximate surface area is 265 Å². The molecule has 234 valence electrons. The number of hydrogen-bond donors (Lipinski definition) is 2. The zero-order valence-corrected chi connectivity index (χ0v) is 25.8. The lowest BCUT2D eigenvalue weighted by atomic mass is 10.1. The van der Waals surface area contributed by atoms with Gasteiger partial charge in [0.2, 0.25) is 5.91 Å². The van der Waals surface area contributed by atoms with E-state index in [-0.39, 0.29) is 41.9 Å². The van der Waals surface area contributed by atoms with E-state index >= 15 is 0 Å². The Bertz CT molecular complexity index is 1740. The fourth-order valence-electron chi connectivity index (χ4n) is 4.92. The summed E-state index contributed by atoms with van der Waals surface area (Å²) in [4.78, 5) is 50.5. The van der Waals surface area contributed by atoms with E-state index in [9.17, 15) is 28.9 Å². The van der Waals surface area contributed by atoms with Crippen molar-refractivity contribution in [1.29, 1.82) is 0 Å². The zero-order chi connectivity index (χ0) is 31.9. The van der Waals surface area contributed by atoms with Crippen LogP contribution in [0.5, 0.6) is 0 Å². The summed E-state index contributed by atoms with van der Waals surface area (Å²) in [5, 5.41) is 25.9. The van der Waals surface area contributed by atoms with Gasteiger partial charge in [-0.05, 0) is 68.5 Å². The molecule has 2 N–H and O–H groups in total. The fourth-order valence-corrected chi connectivity index (χ4v) is 6.99. The number of nitro groups is 1. The molecule has 12 nitrogen and oxygen atoms in total. The van der Waals surface area contributed by atoms with E-state index in [0.717, 1.165) is 60.4 Å². The summed E-state index contributed by atoms with van der Waals surface area (Å²) >= 11 is 2.47. The van der Waals surface area contributed by atoms with E-state index in [1.165, 1.54) is 53.8 Å². The molecule has 0 unspecified atom stereocenters. The standard InChI is InChI=1S/C30H29FN6O6S2/c1-2-43-29(40)26-22-9-4-3-5-10-23(22)45-28(26)33-25(38)17-44-30-35-34-24(16-32-27(39)18-7-6-8-19(31)15-18)36(30)20-11-13-21(14-12-20)37(41)42/h6-8,11-15H,2-5,9-10,16-17H2,1H3,(H,32,39)(H,33,38). The number of thioether (sulfide) groups is 1. The molecule has 0 aliphatic heterocycles. The predicted molar refractivity (Wildman–Crippen MR) is 166 cm³/mol. The number of rotatable bonds is 11. The van der Waals surface area contributed by atoms with Crippen molar-refractivity contribution in [3.05, 3.63) is 91.9 Å². The van der Waals surface area contributed by atoms with Gasteiger partial charge in [-0.3, -0.25) is 24.3 Å². The number of thiophene rings is 1. The number of nitrogens with zero attached hydrogens (tertiary/aromatic N) is 4. The number of aromatic nitrogens is 3. The lowest BCUT2D eigenvalue weighted by molar-refractivity contribution is -0.384. The molecule has 2 amide bonds. The van der Waals surface area contributed by atoms with Crippen LogP contribution in [0, 0.1) is 15.9 Å². The minimum Gasteiger partial charge on any atom is -0.462 e. The van der Waals surface area contributed by atoms with Crippen LogP contribution in [0.25, 0.3) is 5.69 Å². The number of fused-ring (bicyclic) bond motifs is 1. The second-order valence-electron chi connectivity index (χ2n) is 10.0. The third-order valence-electron chi connectivity index (χ3n) is 7.00. The Balaban J connectivity index is 1.35. The van der Waals surface area contributed by atoms with Crippen LogP contribution in [0.1, 0.15) is 63.2 Å². The second-order valence-corrected chi connectivity index (χ2v) is 12.1. The van der Waals surface area contributed by atoms with Crippen molar-refractivity contribution in [3.8, 4) is 5.69 Å². The van der Waals surface area contributed by atoms with E-state index in [1.807, 2.05) is 0 Å². The SMILES string of the molecule is CCOC(=O)c1c(NC(=O)CSc2nnc(CNC(=O)c3cccc(F)c3)n2-c2ccc([N+](=O)[O-])cc2)sc2c1CCCCC2. The minimum atomic E-state index is -0.554. The molecule has 0 spiro atoms. The number of hydrogen-bond acceptors (Lipinski definition) is 10. The molecule has 4 aromatic rings. The van der Waals surface area contributed by atoms with Crippen molar-refractivity contribution in [2.24, 2.45) is 0 Å². The van der Waals surface area contributed by atoms with Gasteiger partial charge in [-0.25, -0.2) is 9.18 Å². The monoisotopic (exact) mass is 652 g/mol. The highest BCUT2D eigenvalue weighted by molar-refractivity contribution is 7.99. The molecule has 0 saturated carbocycles. The molecular weight excluding hydrogens is 623 g/mol. The molecule has 0 fully saturated rings. The van der Waals surface area contributed by atoms with Crippen molar-refractivity contribution in [2.45, 2.75) is 50.7 Å². The maximum Gasteiger partial charge on any atom is 0.341 e. The minimum absolute atomic E-state index is 0.0917. The Morgan fingerprint density at radius 3 is 2.62 bits per heavy atom. The van der Waals surface area contributed by atoms with Gasteiger partial charge in [0, 0.05) is 28.3 Å². The highest BCUT2D eigenvalue weighted by Crippen LogP contribution is 2.38. The summed E-state index contributed by atoms with van der Waals surface area (Å²) in [6.07, 6.45) is 4.65. The molecule has 2 aromatic heterocycles. The number of anilines is 1. The number of benzene rings is 2. The van der Waals surface area contributed by atoms with Crippen LogP contribution in [0.4, 0.5) is 15.1 Å². The number of non-ortho nitro benzene ring substituents is 1. The van der Waals surface area contributed by atoms with Crippen LogP contribution in [0.3, 0.4) is 0 Å². The van der Waals surface area contributed by atoms with Crippen LogP contribution in [0.15, 0.2) is 53.7 Å². The first kappa shape index (κ1) is 31.8. The number of halogens is 1. The molecule has 0 saturated heterocycles. The van der Waals surface area contributed by atoms with E-state index < -0.39 is 22.6 Å². The van der Waals surface area contributed by atoms with Crippen molar-refractivity contribution in [3.63, 3.8) is 0 Å². The molecule has 45 heavy (non-hydrogen) atoms. The lowest BCUT2D eigenvalue weighted by Gasteiger charge is -2.11. The summed E-state index contributed by atoms with van der Waals surface area (Å²) < 4.78 is 20.5. The number of amides is 2. The Kier molecular flexibility index (Phi) is 10.2. The first-order valence-corrected chi connectivity index (χ1v) is 16.0. The molecule has 0 radical (unpaired) electrons. The number of ether oxygens (including phenoxy) is 1. The van der Waals surface area contributed by atoms with Crippen LogP contribution >= 0.6 is 23.1 Å². The normalized spacial score (nSPS) is 12.6. The van der Waals surface area contributed by atoms with Crippen LogP contribution < -0.4 is 10.6 Å². The third-order valence-corrected chi connectivity index (χ3v) is 9.14. The summed E-state index contributed by atoms with van der Waals surface area (Å²) in [5.41, 5.74) is 1.84. The maximum atomic E-state index is 13.6. The third kappa shape index (κ3) is 7.54. The number of esters is 1.